The Kier molecular flexibility index (Phi) is 6.10. The highest BCUT2D eigenvalue weighted by atomic mass is 35.5. The van der Waals surface area contributed by atoms with Crippen molar-refractivity contribution in [2.24, 2.45) is 0 Å². The van der Waals surface area contributed by atoms with Crippen molar-refractivity contribution in [3.8, 4) is 23.0 Å². The van der Waals surface area contributed by atoms with E-state index < -0.39 is 39.8 Å². The summed E-state index contributed by atoms with van der Waals surface area (Å²) < 4.78 is 0. The summed E-state index contributed by atoms with van der Waals surface area (Å²) in [5, 5.41) is 52.2. The molecule has 6 N–H and O–H groups in total. The summed E-state index contributed by atoms with van der Waals surface area (Å²) in [6.45, 7) is 0. The van der Waals surface area contributed by atoms with Gasteiger partial charge in [0, 0.05) is 6.07 Å². The van der Waals surface area contributed by atoms with Gasteiger partial charge in [-0.25, -0.2) is 9.59 Å². The molecule has 0 saturated heterocycles. The molecule has 0 atom stereocenters. The van der Waals surface area contributed by atoms with E-state index in [1.807, 2.05) is 0 Å². The number of carbonyl (C=O) groups is 2. The van der Waals surface area contributed by atoms with Gasteiger partial charge in [0.15, 0.2) is 11.5 Å². The molecule has 2 aromatic carbocycles. The summed E-state index contributed by atoms with van der Waals surface area (Å²) in [6.07, 6.45) is 0. The lowest BCUT2D eigenvalue weighted by atomic mass is 10.2. The Balaban J connectivity index is 0.000000243. The van der Waals surface area contributed by atoms with Crippen LogP contribution in [0.2, 0.25) is 10.0 Å². The number of carboxylic acid groups (broad SMARTS) is 2. The molecule has 2 rings (SSSR count). The molecule has 0 aromatic heterocycles. The summed E-state index contributed by atoms with van der Waals surface area (Å²) in [4.78, 5) is 20.8. The van der Waals surface area contributed by atoms with Gasteiger partial charge < -0.3 is 30.6 Å². The molecule has 10 heteroatoms. The third kappa shape index (κ3) is 4.34. The number of hydrogen-bond acceptors (Lipinski definition) is 6. The first-order valence-electron chi connectivity index (χ1n) is 5.94. The van der Waals surface area contributed by atoms with Gasteiger partial charge in [0.25, 0.3) is 0 Å². The van der Waals surface area contributed by atoms with Crippen LogP contribution in [0.3, 0.4) is 0 Å². The van der Waals surface area contributed by atoms with Crippen molar-refractivity contribution >= 4 is 35.1 Å². The molecule has 0 radical (unpaired) electrons. The molecule has 0 aliphatic rings. The molecule has 0 heterocycles. The minimum atomic E-state index is -1.37. The van der Waals surface area contributed by atoms with E-state index in [1.165, 1.54) is 6.07 Å². The fraction of sp³-hybridized carbons (Fsp3) is 0. The number of rotatable bonds is 2. The normalized spacial score (nSPS) is 9.75. The Morgan fingerprint density at radius 2 is 1.33 bits per heavy atom. The average Bonchev–Trinajstić information content (AvgIpc) is 2.48. The number of phenols is 4. The zero-order valence-electron chi connectivity index (χ0n) is 11.6. The Bertz CT molecular complexity index is 804. The van der Waals surface area contributed by atoms with Gasteiger partial charge >= 0.3 is 11.9 Å². The smallest absolute Gasteiger partial charge is 0.339 e. The minimum absolute atomic E-state index is 0.160. The standard InChI is InChI=1S/C7H4Cl2O4.C7H6O4/c8-3-1-2(7(12)13)5(10)4(9)6(3)11;8-4-1-2-5(7(10)11)6(9)3-4/h1,10-11H,(H,12,13);1-3,8-9H,(H,10,11). The van der Waals surface area contributed by atoms with Crippen LogP contribution in [-0.4, -0.2) is 42.6 Å². The number of halogens is 2. The fourth-order valence-corrected chi connectivity index (χ4v) is 1.92. The topological polar surface area (TPSA) is 156 Å². The molecular formula is C14H10Cl2O8. The molecule has 0 aliphatic heterocycles. The van der Waals surface area contributed by atoms with E-state index in [9.17, 15) is 9.59 Å². The summed E-state index contributed by atoms with van der Waals surface area (Å²) >= 11 is 10.8. The zero-order chi connectivity index (χ0) is 18.6. The molecule has 8 nitrogen and oxygen atoms in total. The van der Waals surface area contributed by atoms with E-state index in [1.54, 1.807) is 0 Å². The molecule has 128 valence electrons. The summed E-state index contributed by atoms with van der Waals surface area (Å²) in [5.41, 5.74) is -0.671. The molecule has 0 saturated carbocycles. The third-order valence-corrected chi connectivity index (χ3v) is 3.26. The van der Waals surface area contributed by atoms with E-state index in [4.69, 9.17) is 53.8 Å². The molecule has 2 aromatic rings. The predicted octanol–water partition coefficient (Wildman–Crippen LogP) is 2.90. The van der Waals surface area contributed by atoms with Gasteiger partial charge in [-0.2, -0.15) is 0 Å². The summed E-state index contributed by atoms with van der Waals surface area (Å²) in [5.74, 6) is -4.42. The maximum atomic E-state index is 10.5. The molecule has 0 bridgehead atoms. The molecule has 0 unspecified atom stereocenters. The SMILES string of the molecule is O=C(O)c1cc(Cl)c(O)c(Cl)c1O.O=C(O)c1ccc(O)cc1O. The quantitative estimate of drug-likeness (QED) is 0.467. The minimum Gasteiger partial charge on any atom is -0.508 e. The van der Waals surface area contributed by atoms with Crippen LogP contribution in [0.5, 0.6) is 23.0 Å². The second kappa shape index (κ2) is 7.62. The predicted molar refractivity (Wildman–Crippen MR) is 83.5 cm³/mol. The number of benzene rings is 2. The van der Waals surface area contributed by atoms with Crippen molar-refractivity contribution in [2.45, 2.75) is 0 Å². The highest BCUT2D eigenvalue weighted by Crippen LogP contribution is 2.40. The van der Waals surface area contributed by atoms with Crippen LogP contribution in [0.25, 0.3) is 0 Å². The van der Waals surface area contributed by atoms with E-state index in [0.29, 0.717) is 0 Å². The summed E-state index contributed by atoms with van der Waals surface area (Å²) in [7, 11) is 0. The van der Waals surface area contributed by atoms with E-state index in [2.05, 4.69) is 0 Å². The van der Waals surface area contributed by atoms with Gasteiger partial charge in [0.2, 0.25) is 0 Å². The van der Waals surface area contributed by atoms with Crippen LogP contribution < -0.4 is 0 Å². The van der Waals surface area contributed by atoms with Crippen LogP contribution in [0.15, 0.2) is 24.3 Å². The van der Waals surface area contributed by atoms with Crippen LogP contribution in [0.1, 0.15) is 20.7 Å². The van der Waals surface area contributed by atoms with E-state index >= 15 is 0 Å². The second-order valence-corrected chi connectivity index (χ2v) is 5.01. The van der Waals surface area contributed by atoms with Gasteiger partial charge in [-0.15, -0.1) is 0 Å². The van der Waals surface area contributed by atoms with Gasteiger partial charge in [-0.1, -0.05) is 23.2 Å². The Morgan fingerprint density at radius 3 is 1.79 bits per heavy atom. The number of phenolic OH excluding ortho intramolecular Hbond substituents is 2. The maximum absolute atomic E-state index is 10.5. The molecule has 0 fully saturated rings. The molecule has 0 spiro atoms. The Morgan fingerprint density at radius 1 is 0.792 bits per heavy atom. The first-order chi connectivity index (χ1) is 11.1. The van der Waals surface area contributed by atoms with Crippen LogP contribution in [-0.2, 0) is 0 Å². The van der Waals surface area contributed by atoms with Gasteiger partial charge in [0.05, 0.1) is 5.02 Å². The first kappa shape index (κ1) is 19.2. The van der Waals surface area contributed by atoms with Crippen molar-refractivity contribution in [2.75, 3.05) is 0 Å². The van der Waals surface area contributed by atoms with Gasteiger partial charge in [0.1, 0.15) is 27.6 Å². The van der Waals surface area contributed by atoms with E-state index in [-0.39, 0.29) is 16.3 Å². The van der Waals surface area contributed by atoms with Crippen molar-refractivity contribution in [1.82, 2.24) is 0 Å². The highest BCUT2D eigenvalue weighted by molar-refractivity contribution is 6.38. The van der Waals surface area contributed by atoms with Crippen molar-refractivity contribution < 1.29 is 40.2 Å². The lowest BCUT2D eigenvalue weighted by Gasteiger charge is -2.05. The largest absolute Gasteiger partial charge is 0.508 e. The number of hydrogen-bond donors (Lipinski definition) is 6. The van der Waals surface area contributed by atoms with Crippen LogP contribution in [0.4, 0.5) is 0 Å². The van der Waals surface area contributed by atoms with Crippen LogP contribution in [0, 0.1) is 0 Å². The monoisotopic (exact) mass is 376 g/mol. The highest BCUT2D eigenvalue weighted by Gasteiger charge is 2.18. The Labute approximate surface area is 144 Å². The van der Waals surface area contributed by atoms with Crippen molar-refractivity contribution in [1.29, 1.82) is 0 Å². The van der Waals surface area contributed by atoms with Gasteiger partial charge in [-0.05, 0) is 18.2 Å². The fourth-order valence-electron chi connectivity index (χ4n) is 1.46. The Hall–Kier alpha value is -2.84. The molecule has 0 aliphatic carbocycles. The van der Waals surface area contributed by atoms with Gasteiger partial charge in [-0.3, -0.25) is 0 Å². The number of aromatic hydroxyl groups is 4. The second-order valence-electron chi connectivity index (χ2n) is 4.23. The molecular weight excluding hydrogens is 367 g/mol. The van der Waals surface area contributed by atoms with Crippen molar-refractivity contribution in [3.63, 3.8) is 0 Å². The lowest BCUT2D eigenvalue weighted by molar-refractivity contribution is 0.0682. The molecule has 24 heavy (non-hydrogen) atoms. The van der Waals surface area contributed by atoms with E-state index in [0.717, 1.165) is 18.2 Å². The lowest BCUT2D eigenvalue weighted by Crippen LogP contribution is -1.97. The third-order valence-electron chi connectivity index (χ3n) is 2.61. The zero-order valence-corrected chi connectivity index (χ0v) is 13.1. The average molecular weight is 377 g/mol. The first-order valence-corrected chi connectivity index (χ1v) is 6.70. The number of aromatic carboxylic acids is 2. The number of carboxylic acids is 2. The van der Waals surface area contributed by atoms with Crippen molar-refractivity contribution in [3.05, 3.63) is 45.4 Å². The van der Waals surface area contributed by atoms with Crippen LogP contribution >= 0.6 is 23.2 Å². The maximum Gasteiger partial charge on any atom is 0.339 e. The molecule has 0 amide bonds. The summed E-state index contributed by atoms with van der Waals surface area (Å²) in [6, 6.07) is 4.22.